The number of hydrogen-bond donors (Lipinski definition) is 1. The van der Waals surface area contributed by atoms with Gasteiger partial charge in [-0.2, -0.15) is 0 Å². The van der Waals surface area contributed by atoms with Crippen molar-refractivity contribution >= 4 is 29.0 Å². The number of para-hydroxylation sites is 1. The van der Waals surface area contributed by atoms with Crippen LogP contribution in [0, 0.1) is 0 Å². The molecular formula is C25H24N2O6. The lowest BCUT2D eigenvalue weighted by atomic mass is 9.82. The Morgan fingerprint density at radius 2 is 1.79 bits per heavy atom. The number of aliphatic hydroxyl groups excluding tert-OH is 1. The highest BCUT2D eigenvalue weighted by atomic mass is 16.5. The first-order valence-corrected chi connectivity index (χ1v) is 10.4. The molecule has 2 aliphatic rings. The van der Waals surface area contributed by atoms with Gasteiger partial charge in [-0.1, -0.05) is 24.3 Å². The summed E-state index contributed by atoms with van der Waals surface area (Å²) in [6, 6.07) is 13.3. The predicted molar refractivity (Wildman–Crippen MR) is 122 cm³/mol. The smallest absolute Gasteiger partial charge is 0.296 e. The molecule has 0 aromatic heterocycles. The number of amides is 2. The van der Waals surface area contributed by atoms with E-state index in [2.05, 4.69) is 6.58 Å². The quantitative estimate of drug-likeness (QED) is 0.303. The third-order valence-electron chi connectivity index (χ3n) is 6.00. The minimum absolute atomic E-state index is 0.0114. The summed E-state index contributed by atoms with van der Waals surface area (Å²) in [5.74, 6) is -2.18. The molecule has 8 heteroatoms. The van der Waals surface area contributed by atoms with Crippen molar-refractivity contribution in [2.24, 2.45) is 0 Å². The largest absolute Gasteiger partial charge is 0.507 e. The van der Waals surface area contributed by atoms with Gasteiger partial charge in [0, 0.05) is 31.3 Å². The molecule has 1 saturated heterocycles. The van der Waals surface area contributed by atoms with Crippen LogP contribution in [0.1, 0.15) is 11.1 Å². The number of aliphatic hydroxyl groups is 1. The van der Waals surface area contributed by atoms with Crippen molar-refractivity contribution in [3.05, 3.63) is 77.9 Å². The van der Waals surface area contributed by atoms with Crippen LogP contribution in [0.15, 0.2) is 66.8 Å². The first kappa shape index (κ1) is 22.3. The van der Waals surface area contributed by atoms with E-state index in [1.165, 1.54) is 24.0 Å². The molecule has 2 heterocycles. The molecule has 0 bridgehead atoms. The molecule has 2 amide bonds. The number of fused-ring (bicyclic) bond motifs is 2. The van der Waals surface area contributed by atoms with Gasteiger partial charge in [-0.05, 0) is 30.3 Å². The van der Waals surface area contributed by atoms with Gasteiger partial charge in [-0.3, -0.25) is 14.4 Å². The number of benzene rings is 2. The Morgan fingerprint density at radius 1 is 1.09 bits per heavy atom. The number of ether oxygens (including phenoxy) is 2. The second-order valence-electron chi connectivity index (χ2n) is 7.66. The number of ketones is 1. The zero-order valence-electron chi connectivity index (χ0n) is 18.4. The van der Waals surface area contributed by atoms with Gasteiger partial charge in [-0.15, -0.1) is 6.58 Å². The van der Waals surface area contributed by atoms with Crippen LogP contribution in [0.4, 0.5) is 5.69 Å². The van der Waals surface area contributed by atoms with Crippen molar-refractivity contribution in [2.75, 3.05) is 38.8 Å². The molecule has 0 unspecified atom stereocenters. The minimum atomic E-state index is -1.81. The van der Waals surface area contributed by atoms with Crippen LogP contribution in [0.2, 0.25) is 0 Å². The zero-order valence-corrected chi connectivity index (χ0v) is 18.4. The third kappa shape index (κ3) is 3.14. The van der Waals surface area contributed by atoms with Gasteiger partial charge < -0.3 is 24.4 Å². The van der Waals surface area contributed by atoms with Gasteiger partial charge in [0.2, 0.25) is 0 Å². The lowest BCUT2D eigenvalue weighted by Crippen LogP contribution is -2.52. The number of methoxy groups -OCH3 is 2. The number of Topliss-reactive ketones (excluding diaryl/α,β-unsaturated/α-hetero) is 1. The van der Waals surface area contributed by atoms with E-state index >= 15 is 0 Å². The lowest BCUT2D eigenvalue weighted by Gasteiger charge is -2.34. The van der Waals surface area contributed by atoms with Gasteiger partial charge in [0.05, 0.1) is 25.0 Å². The second-order valence-corrected chi connectivity index (χ2v) is 7.66. The van der Waals surface area contributed by atoms with Gasteiger partial charge in [0.1, 0.15) is 11.5 Å². The molecule has 33 heavy (non-hydrogen) atoms. The van der Waals surface area contributed by atoms with E-state index in [0.717, 1.165) is 0 Å². The van der Waals surface area contributed by atoms with E-state index in [1.54, 1.807) is 54.6 Å². The summed E-state index contributed by atoms with van der Waals surface area (Å²) in [6.07, 6.45) is 1.57. The SMILES string of the molecule is C=CCN1C(=O)[C@]2(C(=C(O)c3ccc(OC)cc3)C(=O)C(=O)N2CCOC)c2ccccc21. The van der Waals surface area contributed by atoms with Crippen LogP contribution in [0.3, 0.4) is 0 Å². The fourth-order valence-corrected chi connectivity index (χ4v) is 4.55. The van der Waals surface area contributed by atoms with Gasteiger partial charge in [-0.25, -0.2) is 0 Å². The van der Waals surface area contributed by atoms with Crippen molar-refractivity contribution in [1.29, 1.82) is 0 Å². The third-order valence-corrected chi connectivity index (χ3v) is 6.00. The van der Waals surface area contributed by atoms with Crippen molar-refractivity contribution in [1.82, 2.24) is 4.90 Å². The van der Waals surface area contributed by atoms with Crippen molar-refractivity contribution in [3.63, 3.8) is 0 Å². The Hall–Kier alpha value is -3.91. The van der Waals surface area contributed by atoms with Crippen LogP contribution in [-0.2, 0) is 24.7 Å². The summed E-state index contributed by atoms with van der Waals surface area (Å²) in [5, 5.41) is 11.3. The van der Waals surface area contributed by atoms with Gasteiger partial charge in [0.25, 0.3) is 17.6 Å². The maximum atomic E-state index is 14.0. The van der Waals surface area contributed by atoms with E-state index in [4.69, 9.17) is 9.47 Å². The number of rotatable bonds is 7. The van der Waals surface area contributed by atoms with Crippen LogP contribution in [-0.4, -0.2) is 61.5 Å². The molecule has 2 aliphatic heterocycles. The standard InChI is InChI=1S/C25H24N2O6/c1-4-13-26-19-8-6-5-7-18(19)25(24(26)31)20(22(29)23(30)27(25)14-15-32-2)21(28)16-9-11-17(33-3)12-10-16/h4-12,28H,1,13-15H2,2-3H3/t25-/m1/s1. The predicted octanol–water partition coefficient (Wildman–Crippen LogP) is 2.45. The molecule has 1 spiro atoms. The highest BCUT2D eigenvalue weighted by Gasteiger charge is 2.66. The van der Waals surface area contributed by atoms with E-state index in [9.17, 15) is 19.5 Å². The Bertz CT molecular complexity index is 1170. The van der Waals surface area contributed by atoms with E-state index < -0.39 is 28.9 Å². The molecule has 0 aliphatic carbocycles. The summed E-state index contributed by atoms with van der Waals surface area (Å²) >= 11 is 0. The molecular weight excluding hydrogens is 424 g/mol. The molecule has 1 fully saturated rings. The molecule has 1 atom stereocenters. The van der Waals surface area contributed by atoms with Gasteiger partial charge >= 0.3 is 0 Å². The number of anilines is 1. The van der Waals surface area contributed by atoms with Crippen LogP contribution in [0.25, 0.3) is 5.76 Å². The molecule has 170 valence electrons. The Morgan fingerprint density at radius 3 is 2.42 bits per heavy atom. The van der Waals surface area contributed by atoms with Crippen LogP contribution >= 0.6 is 0 Å². The summed E-state index contributed by atoms with van der Waals surface area (Å²) in [4.78, 5) is 43.2. The normalized spacial score (nSPS) is 21.1. The first-order chi connectivity index (χ1) is 15.9. The topological polar surface area (TPSA) is 96.4 Å². The summed E-state index contributed by atoms with van der Waals surface area (Å²) in [7, 11) is 2.98. The number of hydrogen-bond acceptors (Lipinski definition) is 6. The fraction of sp³-hybridized carbons (Fsp3) is 0.240. The molecule has 0 radical (unpaired) electrons. The zero-order chi connectivity index (χ0) is 23.8. The monoisotopic (exact) mass is 448 g/mol. The molecule has 1 N–H and O–H groups in total. The second kappa shape index (κ2) is 8.55. The molecule has 2 aromatic carbocycles. The maximum absolute atomic E-state index is 14.0. The highest BCUT2D eigenvalue weighted by molar-refractivity contribution is 6.50. The fourth-order valence-electron chi connectivity index (χ4n) is 4.55. The lowest BCUT2D eigenvalue weighted by molar-refractivity contribution is -0.144. The van der Waals surface area contributed by atoms with Crippen LogP contribution < -0.4 is 9.64 Å². The van der Waals surface area contributed by atoms with Gasteiger partial charge in [0.15, 0.2) is 5.54 Å². The van der Waals surface area contributed by atoms with E-state index in [0.29, 0.717) is 17.0 Å². The van der Waals surface area contributed by atoms with Crippen molar-refractivity contribution in [3.8, 4) is 5.75 Å². The number of nitrogens with zero attached hydrogens (tertiary/aromatic N) is 2. The number of likely N-dealkylation sites (tertiary alicyclic amines) is 1. The van der Waals surface area contributed by atoms with E-state index in [1.807, 2.05) is 0 Å². The summed E-state index contributed by atoms with van der Waals surface area (Å²) in [5.41, 5.74) is -0.796. The van der Waals surface area contributed by atoms with Crippen molar-refractivity contribution < 1.29 is 29.0 Å². The molecule has 8 nitrogen and oxygen atoms in total. The Balaban J connectivity index is 2.03. The first-order valence-electron chi connectivity index (χ1n) is 10.4. The van der Waals surface area contributed by atoms with Crippen molar-refractivity contribution in [2.45, 2.75) is 5.54 Å². The molecule has 4 rings (SSSR count). The average Bonchev–Trinajstić information content (AvgIpc) is 3.21. The number of carbonyl (C=O) groups excluding carboxylic acids is 3. The highest BCUT2D eigenvalue weighted by Crippen LogP contribution is 2.53. The molecule has 0 saturated carbocycles. The van der Waals surface area contributed by atoms with E-state index in [-0.39, 0.29) is 30.8 Å². The van der Waals surface area contributed by atoms with Crippen LogP contribution in [0.5, 0.6) is 5.75 Å². The summed E-state index contributed by atoms with van der Waals surface area (Å²) < 4.78 is 10.3. The Labute approximate surface area is 191 Å². The number of carbonyl (C=O) groups is 3. The maximum Gasteiger partial charge on any atom is 0.296 e. The Kier molecular flexibility index (Phi) is 5.78. The average molecular weight is 448 g/mol. The minimum Gasteiger partial charge on any atom is -0.507 e. The molecule has 2 aromatic rings. The summed E-state index contributed by atoms with van der Waals surface area (Å²) in [6.45, 7) is 4.00.